The number of anilines is 3. The van der Waals surface area contributed by atoms with Crippen LogP contribution in [0, 0.1) is 7.14 Å². The Morgan fingerprint density at radius 3 is 1.84 bits per heavy atom. The van der Waals surface area contributed by atoms with Crippen LogP contribution in [-0.2, 0) is 0 Å². The zero-order chi connectivity index (χ0) is 22.5. The fourth-order valence-corrected chi connectivity index (χ4v) is 5.20. The lowest BCUT2D eigenvalue weighted by molar-refractivity contribution is 0.104. The minimum Gasteiger partial charge on any atom is -0.506 e. The van der Waals surface area contributed by atoms with Crippen molar-refractivity contribution in [2.24, 2.45) is 0 Å². The average molecular weight is 643 g/mol. The normalized spacial score (nSPS) is 10.9. The molecule has 0 radical (unpaired) electrons. The van der Waals surface area contributed by atoms with Crippen molar-refractivity contribution >= 4 is 74.1 Å². The van der Waals surface area contributed by atoms with Crippen molar-refractivity contribution in [1.29, 1.82) is 0 Å². The molecule has 0 amide bonds. The lowest BCUT2D eigenvalue weighted by atomic mass is 10.1. The second-order valence-electron chi connectivity index (χ2n) is 7.08. The van der Waals surface area contributed by atoms with E-state index in [0.717, 1.165) is 26.2 Å². The number of nitrogens with zero attached hydrogens (tertiary/aromatic N) is 1. The van der Waals surface area contributed by atoms with Gasteiger partial charge >= 0.3 is 0 Å². The summed E-state index contributed by atoms with van der Waals surface area (Å²) in [6.45, 7) is 0. The molecule has 3 nitrogen and oxygen atoms in total. The van der Waals surface area contributed by atoms with Gasteiger partial charge in [-0.1, -0.05) is 54.6 Å². The molecule has 158 valence electrons. The fraction of sp³-hybridized carbons (Fsp3) is 0. The maximum absolute atomic E-state index is 12.6. The number of aromatic hydroxyl groups is 1. The molecule has 0 unspecified atom stereocenters. The standard InChI is InChI=1S/C27H19I2NO2/c28-20-17-24(27(32)25(29)18-20)26(31)16-13-19-11-14-23(15-12-19)30(21-7-3-1-4-8-21)22-9-5-2-6-10-22/h1-18,32H/b16-13+. The van der Waals surface area contributed by atoms with E-state index in [-0.39, 0.29) is 11.5 Å². The largest absolute Gasteiger partial charge is 0.506 e. The third-order valence-electron chi connectivity index (χ3n) is 4.90. The van der Waals surface area contributed by atoms with Gasteiger partial charge < -0.3 is 10.0 Å². The minimum absolute atomic E-state index is 0.0253. The number of rotatable bonds is 6. The van der Waals surface area contributed by atoms with Crippen LogP contribution in [0.3, 0.4) is 0 Å². The maximum atomic E-state index is 12.6. The predicted octanol–water partition coefficient (Wildman–Crippen LogP) is 7.97. The van der Waals surface area contributed by atoms with E-state index < -0.39 is 0 Å². The molecule has 0 bridgehead atoms. The number of allylic oxidation sites excluding steroid dienone is 1. The number of carbonyl (C=O) groups excluding carboxylic acids is 1. The van der Waals surface area contributed by atoms with Gasteiger partial charge in [0.1, 0.15) is 5.75 Å². The molecule has 0 saturated heterocycles. The number of para-hydroxylation sites is 2. The summed E-state index contributed by atoms with van der Waals surface area (Å²) in [5, 5.41) is 10.2. The first-order chi connectivity index (χ1) is 15.5. The molecule has 0 aromatic heterocycles. The van der Waals surface area contributed by atoms with Crippen LogP contribution in [0.25, 0.3) is 6.08 Å². The van der Waals surface area contributed by atoms with E-state index in [1.807, 2.05) is 89.3 Å². The third kappa shape index (κ3) is 5.21. The molecule has 0 atom stereocenters. The quantitative estimate of drug-likeness (QED) is 0.132. The van der Waals surface area contributed by atoms with Gasteiger partial charge in [-0.15, -0.1) is 0 Å². The Labute approximate surface area is 214 Å². The zero-order valence-corrected chi connectivity index (χ0v) is 21.3. The Hall–Kier alpha value is -2.65. The lowest BCUT2D eigenvalue weighted by Gasteiger charge is -2.25. The molecule has 4 aromatic rings. The summed E-state index contributed by atoms with van der Waals surface area (Å²) < 4.78 is 1.57. The second kappa shape index (κ2) is 10.3. The first kappa shape index (κ1) is 22.5. The van der Waals surface area contributed by atoms with Gasteiger partial charge in [0.25, 0.3) is 0 Å². The van der Waals surface area contributed by atoms with Crippen LogP contribution >= 0.6 is 45.2 Å². The number of benzene rings is 4. The lowest BCUT2D eigenvalue weighted by Crippen LogP contribution is -2.09. The van der Waals surface area contributed by atoms with Crippen molar-refractivity contribution in [3.8, 4) is 5.75 Å². The van der Waals surface area contributed by atoms with Crippen molar-refractivity contribution < 1.29 is 9.90 Å². The summed E-state index contributed by atoms with van der Waals surface area (Å²) in [5.41, 5.74) is 4.38. The number of carbonyl (C=O) groups is 1. The molecule has 0 heterocycles. The van der Waals surface area contributed by atoms with Gasteiger partial charge in [-0.3, -0.25) is 4.79 Å². The van der Waals surface area contributed by atoms with Gasteiger partial charge in [-0.2, -0.15) is 0 Å². The van der Waals surface area contributed by atoms with Crippen LogP contribution in [0.15, 0.2) is 103 Å². The molecule has 5 heteroatoms. The van der Waals surface area contributed by atoms with Gasteiger partial charge in [-0.05, 0) is 105 Å². The minimum atomic E-state index is -0.224. The van der Waals surface area contributed by atoms with E-state index in [2.05, 4.69) is 51.8 Å². The molecule has 1 N–H and O–H groups in total. The van der Waals surface area contributed by atoms with E-state index >= 15 is 0 Å². The maximum Gasteiger partial charge on any atom is 0.189 e. The highest BCUT2D eigenvalue weighted by Crippen LogP contribution is 2.34. The van der Waals surface area contributed by atoms with Gasteiger partial charge in [0.2, 0.25) is 0 Å². The van der Waals surface area contributed by atoms with E-state index in [4.69, 9.17) is 0 Å². The molecule has 0 aliphatic heterocycles. The van der Waals surface area contributed by atoms with Crippen LogP contribution in [-0.4, -0.2) is 10.9 Å². The number of ketones is 1. The first-order valence-corrected chi connectivity index (χ1v) is 12.1. The number of phenolic OH excluding ortho intramolecular Hbond substituents is 1. The van der Waals surface area contributed by atoms with Crippen molar-refractivity contribution in [2.45, 2.75) is 0 Å². The highest BCUT2D eigenvalue weighted by molar-refractivity contribution is 14.1. The molecule has 4 rings (SSSR count). The Morgan fingerprint density at radius 2 is 1.28 bits per heavy atom. The summed E-state index contributed by atoms with van der Waals surface area (Å²) in [6, 6.07) is 32.0. The van der Waals surface area contributed by atoms with Gasteiger partial charge in [0.15, 0.2) is 5.78 Å². The number of hydrogen-bond donors (Lipinski definition) is 1. The third-order valence-corrected chi connectivity index (χ3v) is 6.35. The Balaban J connectivity index is 1.60. The van der Waals surface area contributed by atoms with Crippen LogP contribution < -0.4 is 4.90 Å². The number of hydrogen-bond acceptors (Lipinski definition) is 3. The SMILES string of the molecule is O=C(/C=C/c1ccc(N(c2ccccc2)c2ccccc2)cc1)c1cc(I)cc(I)c1O. The molecular formula is C27H19I2NO2. The zero-order valence-electron chi connectivity index (χ0n) is 17.0. The molecule has 0 aliphatic carbocycles. The van der Waals surface area contributed by atoms with E-state index in [0.29, 0.717) is 9.13 Å². The molecule has 0 spiro atoms. The average Bonchev–Trinajstić information content (AvgIpc) is 2.82. The van der Waals surface area contributed by atoms with Crippen LogP contribution in [0.1, 0.15) is 15.9 Å². The molecule has 32 heavy (non-hydrogen) atoms. The number of phenols is 1. The smallest absolute Gasteiger partial charge is 0.189 e. The Bertz CT molecular complexity index is 1210. The molecule has 0 saturated carbocycles. The highest BCUT2D eigenvalue weighted by Gasteiger charge is 2.13. The molecular weight excluding hydrogens is 624 g/mol. The van der Waals surface area contributed by atoms with E-state index in [9.17, 15) is 9.90 Å². The fourth-order valence-electron chi connectivity index (χ4n) is 3.35. The van der Waals surface area contributed by atoms with E-state index in [1.54, 1.807) is 12.1 Å². The van der Waals surface area contributed by atoms with Gasteiger partial charge in [0, 0.05) is 20.6 Å². The summed E-state index contributed by atoms with van der Waals surface area (Å²) >= 11 is 4.18. The Kier molecular flexibility index (Phi) is 7.26. The van der Waals surface area contributed by atoms with Crippen molar-refractivity contribution in [2.75, 3.05) is 4.90 Å². The summed E-state index contributed by atoms with van der Waals surface area (Å²) in [7, 11) is 0. The molecule has 0 aliphatic rings. The summed E-state index contributed by atoms with van der Waals surface area (Å²) in [5.74, 6) is -0.199. The summed E-state index contributed by atoms with van der Waals surface area (Å²) in [6.07, 6.45) is 3.27. The highest BCUT2D eigenvalue weighted by atomic mass is 127. The monoisotopic (exact) mass is 643 g/mol. The molecule has 4 aromatic carbocycles. The van der Waals surface area contributed by atoms with Gasteiger partial charge in [0.05, 0.1) is 9.13 Å². The topological polar surface area (TPSA) is 40.5 Å². The number of halogens is 2. The van der Waals surface area contributed by atoms with Crippen molar-refractivity contribution in [1.82, 2.24) is 0 Å². The van der Waals surface area contributed by atoms with E-state index in [1.165, 1.54) is 6.08 Å². The molecule has 0 fully saturated rings. The first-order valence-electron chi connectivity index (χ1n) is 9.93. The van der Waals surface area contributed by atoms with Crippen LogP contribution in [0.5, 0.6) is 5.75 Å². The Morgan fingerprint density at radius 1 is 0.750 bits per heavy atom. The van der Waals surface area contributed by atoms with Crippen LogP contribution in [0.4, 0.5) is 17.1 Å². The van der Waals surface area contributed by atoms with Crippen molar-refractivity contribution in [3.63, 3.8) is 0 Å². The van der Waals surface area contributed by atoms with Crippen molar-refractivity contribution in [3.05, 3.63) is 121 Å². The second-order valence-corrected chi connectivity index (χ2v) is 9.49. The summed E-state index contributed by atoms with van der Waals surface area (Å²) in [4.78, 5) is 14.8. The van der Waals surface area contributed by atoms with Gasteiger partial charge in [-0.25, -0.2) is 0 Å². The van der Waals surface area contributed by atoms with Crippen LogP contribution in [0.2, 0.25) is 0 Å². The predicted molar refractivity (Wildman–Crippen MR) is 148 cm³/mol.